The van der Waals surface area contributed by atoms with E-state index < -0.39 is 12.0 Å². The first kappa shape index (κ1) is 15.5. The minimum Gasteiger partial charge on any atom is -0.464 e. The number of Topliss-reactive ketones (excluding diaryl/α,β-unsaturated/α-hetero) is 1. The molecule has 1 atom stereocenters. The van der Waals surface area contributed by atoms with Gasteiger partial charge >= 0.3 is 0 Å². The number of amides is 2. The van der Waals surface area contributed by atoms with Crippen LogP contribution in [0.15, 0.2) is 12.1 Å². The van der Waals surface area contributed by atoms with Crippen LogP contribution in [0.5, 0.6) is 5.88 Å². The van der Waals surface area contributed by atoms with Gasteiger partial charge in [0.2, 0.25) is 11.8 Å². The highest BCUT2D eigenvalue weighted by molar-refractivity contribution is 5.99. The fraction of sp³-hybridized carbons (Fsp3) is 0.500. The second-order valence-electron chi connectivity index (χ2n) is 5.84. The molecule has 0 saturated carbocycles. The van der Waals surface area contributed by atoms with Crippen LogP contribution in [0, 0.1) is 6.92 Å². The summed E-state index contributed by atoms with van der Waals surface area (Å²) in [5, 5.41) is 2.26. The van der Waals surface area contributed by atoms with Crippen LogP contribution in [0.25, 0.3) is 0 Å². The summed E-state index contributed by atoms with van der Waals surface area (Å²) in [7, 11) is 0. The second kappa shape index (κ2) is 6.36. The third-order valence-electron chi connectivity index (χ3n) is 4.15. The van der Waals surface area contributed by atoms with Crippen molar-refractivity contribution in [1.29, 1.82) is 0 Å². The lowest BCUT2D eigenvalue weighted by molar-refractivity contribution is -0.139. The molecule has 23 heavy (non-hydrogen) atoms. The van der Waals surface area contributed by atoms with Crippen LogP contribution in [0.4, 0.5) is 5.69 Å². The molecule has 0 aromatic carbocycles. The molecule has 122 valence electrons. The molecule has 3 rings (SSSR count). The fourth-order valence-corrected chi connectivity index (χ4v) is 2.86. The highest BCUT2D eigenvalue weighted by Crippen LogP contribution is 2.25. The highest BCUT2D eigenvalue weighted by atomic mass is 16.5. The molecule has 0 spiro atoms. The SMILES string of the molecule is Cc1nc(OC2CCC(=O)NC2=O)ccc1N1CCC(=O)CC1. The van der Waals surface area contributed by atoms with E-state index in [1.54, 1.807) is 6.07 Å². The number of aryl methyl sites for hydroxylation is 1. The molecule has 2 aliphatic heterocycles. The van der Waals surface area contributed by atoms with Crippen LogP contribution in [-0.4, -0.2) is 41.8 Å². The van der Waals surface area contributed by atoms with Gasteiger partial charge in [-0.25, -0.2) is 4.98 Å². The van der Waals surface area contributed by atoms with Gasteiger partial charge in [-0.3, -0.25) is 19.7 Å². The zero-order valence-electron chi connectivity index (χ0n) is 13.0. The maximum absolute atomic E-state index is 11.7. The highest BCUT2D eigenvalue weighted by Gasteiger charge is 2.28. The molecule has 1 unspecified atom stereocenters. The third-order valence-corrected chi connectivity index (χ3v) is 4.15. The lowest BCUT2D eigenvalue weighted by Crippen LogP contribution is -2.46. The topological polar surface area (TPSA) is 88.6 Å². The van der Waals surface area contributed by atoms with Crippen molar-refractivity contribution in [3.63, 3.8) is 0 Å². The number of pyridine rings is 1. The Morgan fingerprint density at radius 1 is 1.17 bits per heavy atom. The average Bonchev–Trinajstić information content (AvgIpc) is 2.51. The lowest BCUT2D eigenvalue weighted by atomic mass is 10.1. The van der Waals surface area contributed by atoms with Crippen LogP contribution >= 0.6 is 0 Å². The van der Waals surface area contributed by atoms with Crippen molar-refractivity contribution in [2.75, 3.05) is 18.0 Å². The van der Waals surface area contributed by atoms with Gasteiger partial charge in [-0.2, -0.15) is 0 Å². The molecule has 3 heterocycles. The van der Waals surface area contributed by atoms with E-state index in [-0.39, 0.29) is 12.3 Å². The minimum atomic E-state index is -0.682. The number of ketones is 1. The third kappa shape index (κ3) is 3.49. The molecule has 2 aliphatic rings. The number of nitrogens with zero attached hydrogens (tertiary/aromatic N) is 2. The molecule has 0 radical (unpaired) electrons. The Kier molecular flexibility index (Phi) is 4.27. The lowest BCUT2D eigenvalue weighted by Gasteiger charge is -2.29. The number of carbonyl (C=O) groups is 3. The number of nitrogens with one attached hydrogen (secondary N) is 1. The summed E-state index contributed by atoms with van der Waals surface area (Å²) in [6.07, 6.45) is 1.08. The molecular weight excluding hydrogens is 298 g/mol. The Labute approximate surface area is 134 Å². The van der Waals surface area contributed by atoms with Crippen molar-refractivity contribution in [3.05, 3.63) is 17.8 Å². The first-order chi connectivity index (χ1) is 11.0. The smallest absolute Gasteiger partial charge is 0.267 e. The zero-order chi connectivity index (χ0) is 16.4. The van der Waals surface area contributed by atoms with Gasteiger partial charge in [0.1, 0.15) is 5.78 Å². The standard InChI is InChI=1S/C16H19N3O4/c1-10-12(19-8-6-11(20)7-9-19)2-5-15(17-10)23-13-3-4-14(21)18-16(13)22/h2,5,13H,3-4,6-9H2,1H3,(H,18,21,22). The van der Waals surface area contributed by atoms with E-state index in [2.05, 4.69) is 15.2 Å². The van der Waals surface area contributed by atoms with Crippen molar-refractivity contribution in [3.8, 4) is 5.88 Å². The summed E-state index contributed by atoms with van der Waals surface area (Å²) >= 11 is 0. The van der Waals surface area contributed by atoms with E-state index in [0.29, 0.717) is 44.0 Å². The van der Waals surface area contributed by atoms with Gasteiger partial charge in [0.05, 0.1) is 11.4 Å². The predicted molar refractivity (Wildman–Crippen MR) is 82.2 cm³/mol. The monoisotopic (exact) mass is 317 g/mol. The number of ether oxygens (including phenoxy) is 1. The van der Waals surface area contributed by atoms with Crippen molar-refractivity contribution >= 4 is 23.3 Å². The number of hydrogen-bond donors (Lipinski definition) is 1. The number of carbonyl (C=O) groups excluding carboxylic acids is 3. The maximum atomic E-state index is 11.7. The van der Waals surface area contributed by atoms with Crippen LogP contribution in [0.3, 0.4) is 0 Å². The molecule has 7 heteroatoms. The summed E-state index contributed by atoms with van der Waals surface area (Å²) in [5.74, 6) is -0.0215. The first-order valence-corrected chi connectivity index (χ1v) is 7.77. The first-order valence-electron chi connectivity index (χ1n) is 7.77. The summed E-state index contributed by atoms with van der Waals surface area (Å²) < 4.78 is 5.61. The molecule has 2 saturated heterocycles. The Morgan fingerprint density at radius 3 is 2.57 bits per heavy atom. The molecule has 2 amide bonds. The second-order valence-corrected chi connectivity index (χ2v) is 5.84. The molecule has 0 aliphatic carbocycles. The van der Waals surface area contributed by atoms with Gasteiger partial charge in [0.15, 0.2) is 6.10 Å². The summed E-state index contributed by atoms with van der Waals surface area (Å²) in [6.45, 7) is 3.28. The normalized spacial score (nSPS) is 22.0. The molecule has 1 aromatic rings. The van der Waals surface area contributed by atoms with Gasteiger partial charge in [0.25, 0.3) is 5.91 Å². The molecular formula is C16H19N3O4. The van der Waals surface area contributed by atoms with E-state index in [9.17, 15) is 14.4 Å². The van der Waals surface area contributed by atoms with Crippen molar-refractivity contribution in [2.45, 2.75) is 38.7 Å². The maximum Gasteiger partial charge on any atom is 0.267 e. The van der Waals surface area contributed by atoms with E-state index in [4.69, 9.17) is 4.74 Å². The molecule has 0 bridgehead atoms. The number of imide groups is 1. The molecule has 1 N–H and O–H groups in total. The van der Waals surface area contributed by atoms with Gasteiger partial charge < -0.3 is 9.64 Å². The van der Waals surface area contributed by atoms with Crippen molar-refractivity contribution in [2.24, 2.45) is 0 Å². The minimum absolute atomic E-state index is 0.269. The largest absolute Gasteiger partial charge is 0.464 e. The van der Waals surface area contributed by atoms with Crippen LogP contribution < -0.4 is 15.0 Å². The van der Waals surface area contributed by atoms with E-state index in [0.717, 1.165) is 11.4 Å². The van der Waals surface area contributed by atoms with Gasteiger partial charge in [-0.1, -0.05) is 0 Å². The number of rotatable bonds is 3. The molecule has 7 nitrogen and oxygen atoms in total. The Bertz CT molecular complexity index is 649. The number of anilines is 1. The van der Waals surface area contributed by atoms with Crippen molar-refractivity contribution < 1.29 is 19.1 Å². The van der Waals surface area contributed by atoms with Gasteiger partial charge in [-0.05, 0) is 13.0 Å². The summed E-state index contributed by atoms with van der Waals surface area (Å²) in [6, 6.07) is 3.63. The summed E-state index contributed by atoms with van der Waals surface area (Å²) in [5.41, 5.74) is 1.78. The Morgan fingerprint density at radius 2 is 1.91 bits per heavy atom. The fourth-order valence-electron chi connectivity index (χ4n) is 2.86. The number of piperidine rings is 2. The Hall–Kier alpha value is -2.44. The van der Waals surface area contributed by atoms with Crippen LogP contribution in [0.1, 0.15) is 31.4 Å². The summed E-state index contributed by atoms with van der Waals surface area (Å²) in [4.78, 5) is 40.7. The van der Waals surface area contributed by atoms with E-state index in [1.165, 1.54) is 0 Å². The van der Waals surface area contributed by atoms with Crippen molar-refractivity contribution in [1.82, 2.24) is 10.3 Å². The van der Waals surface area contributed by atoms with E-state index >= 15 is 0 Å². The van der Waals surface area contributed by atoms with Gasteiger partial charge in [0, 0.05) is 44.8 Å². The number of aromatic nitrogens is 1. The average molecular weight is 317 g/mol. The number of hydrogen-bond acceptors (Lipinski definition) is 6. The zero-order valence-corrected chi connectivity index (χ0v) is 13.0. The van der Waals surface area contributed by atoms with Gasteiger partial charge in [-0.15, -0.1) is 0 Å². The molecule has 1 aromatic heterocycles. The Balaban J connectivity index is 1.68. The van der Waals surface area contributed by atoms with E-state index in [1.807, 2.05) is 13.0 Å². The molecule has 2 fully saturated rings. The van der Waals surface area contributed by atoms with Crippen LogP contribution in [0.2, 0.25) is 0 Å². The quantitative estimate of drug-likeness (QED) is 0.827. The predicted octanol–water partition coefficient (Wildman–Crippen LogP) is 0.743. The van der Waals surface area contributed by atoms with Crippen LogP contribution in [-0.2, 0) is 14.4 Å².